The molecular weight excluding hydrogens is 394 g/mol. The molecule has 0 bridgehead atoms. The lowest BCUT2D eigenvalue weighted by Gasteiger charge is -2.24. The van der Waals surface area contributed by atoms with E-state index in [2.05, 4.69) is 26.6 Å². The lowest BCUT2D eigenvalue weighted by Crippen LogP contribution is -2.45. The van der Waals surface area contributed by atoms with E-state index in [1.165, 1.54) is 6.07 Å². The van der Waals surface area contributed by atoms with E-state index in [0.717, 1.165) is 25.9 Å². The van der Waals surface area contributed by atoms with Crippen LogP contribution in [0, 0.1) is 6.92 Å². The molecule has 2 rings (SSSR count). The Kier molecular flexibility index (Phi) is 6.82. The van der Waals surface area contributed by atoms with Crippen LogP contribution in [0.25, 0.3) is 0 Å². The zero-order chi connectivity index (χ0) is 15.6. The molecule has 1 aliphatic heterocycles. The van der Waals surface area contributed by atoms with Gasteiger partial charge >= 0.3 is 0 Å². The highest BCUT2D eigenvalue weighted by Gasteiger charge is 2.22. The first-order chi connectivity index (χ1) is 9.79. The van der Waals surface area contributed by atoms with Gasteiger partial charge in [-0.25, -0.2) is 13.6 Å². The number of hydrogen-bond acceptors (Lipinski definition) is 4. The number of carbonyl (C=O) groups excluding carboxylic acids is 1. The summed E-state index contributed by atoms with van der Waals surface area (Å²) in [6, 6.07) is 3.07. The van der Waals surface area contributed by atoms with E-state index in [9.17, 15) is 13.2 Å². The third-order valence-electron chi connectivity index (χ3n) is 3.51. The normalized spacial score (nSPS) is 18.4. The van der Waals surface area contributed by atoms with Gasteiger partial charge in [-0.3, -0.25) is 4.79 Å². The fourth-order valence-corrected chi connectivity index (χ4v) is 3.86. The van der Waals surface area contributed by atoms with Crippen molar-refractivity contribution in [3.63, 3.8) is 0 Å². The van der Waals surface area contributed by atoms with Crippen LogP contribution in [-0.2, 0) is 10.0 Å². The van der Waals surface area contributed by atoms with E-state index in [0.29, 0.717) is 15.6 Å². The largest absolute Gasteiger partial charge is 0.348 e. The smallest absolute Gasteiger partial charge is 0.251 e. The number of piperidine rings is 1. The first-order valence-corrected chi connectivity index (χ1v) is 8.97. The second-order valence-corrected chi connectivity index (χ2v) is 7.58. The van der Waals surface area contributed by atoms with Crippen LogP contribution in [0.4, 0.5) is 0 Å². The Morgan fingerprint density at radius 2 is 2.14 bits per heavy atom. The SMILES string of the molecule is Cc1c(C(=O)NC2CCCNC2)cc(Br)cc1S(N)(=O)=O.Cl. The Morgan fingerprint density at radius 1 is 1.45 bits per heavy atom. The van der Waals surface area contributed by atoms with Gasteiger partial charge in [-0.05, 0) is 44.0 Å². The molecule has 1 aromatic carbocycles. The molecular formula is C13H19BrClN3O3S. The zero-order valence-corrected chi connectivity index (χ0v) is 15.3. The molecule has 22 heavy (non-hydrogen) atoms. The van der Waals surface area contributed by atoms with Crippen LogP contribution in [0.5, 0.6) is 0 Å². The molecule has 1 fully saturated rings. The van der Waals surface area contributed by atoms with Crippen LogP contribution in [0.1, 0.15) is 28.8 Å². The van der Waals surface area contributed by atoms with Crippen molar-refractivity contribution in [3.8, 4) is 0 Å². The number of hydrogen-bond donors (Lipinski definition) is 3. The quantitative estimate of drug-likeness (QED) is 0.696. The molecule has 4 N–H and O–H groups in total. The van der Waals surface area contributed by atoms with Gasteiger partial charge in [0.25, 0.3) is 5.91 Å². The number of carbonyl (C=O) groups is 1. The summed E-state index contributed by atoms with van der Waals surface area (Å²) in [7, 11) is -3.87. The summed E-state index contributed by atoms with van der Waals surface area (Å²) in [6.45, 7) is 3.26. The average molecular weight is 413 g/mol. The molecule has 1 heterocycles. The summed E-state index contributed by atoms with van der Waals surface area (Å²) < 4.78 is 23.7. The second kappa shape index (κ2) is 7.74. The van der Waals surface area contributed by atoms with E-state index in [-0.39, 0.29) is 29.3 Å². The first-order valence-electron chi connectivity index (χ1n) is 6.63. The summed E-state index contributed by atoms with van der Waals surface area (Å²) >= 11 is 3.22. The molecule has 0 spiro atoms. The van der Waals surface area contributed by atoms with Gasteiger partial charge in [0, 0.05) is 22.6 Å². The van der Waals surface area contributed by atoms with Crippen LogP contribution in [-0.4, -0.2) is 33.5 Å². The topological polar surface area (TPSA) is 101 Å². The number of sulfonamides is 1. The Labute approximate surface area is 144 Å². The van der Waals surface area contributed by atoms with Gasteiger partial charge < -0.3 is 10.6 Å². The van der Waals surface area contributed by atoms with Crippen LogP contribution < -0.4 is 15.8 Å². The van der Waals surface area contributed by atoms with E-state index < -0.39 is 10.0 Å². The summed E-state index contributed by atoms with van der Waals surface area (Å²) in [6.07, 6.45) is 1.92. The summed E-state index contributed by atoms with van der Waals surface area (Å²) in [4.78, 5) is 12.3. The molecule has 6 nitrogen and oxygen atoms in total. The standard InChI is InChI=1S/C13H18BrN3O3S.ClH/c1-8-11(5-9(14)6-12(8)21(15,19)20)13(18)17-10-3-2-4-16-7-10;/h5-6,10,16H,2-4,7H2,1H3,(H,17,18)(H2,15,19,20);1H. The number of primary sulfonamides is 1. The minimum Gasteiger partial charge on any atom is -0.348 e. The molecule has 0 radical (unpaired) electrons. The highest BCUT2D eigenvalue weighted by molar-refractivity contribution is 9.10. The molecule has 1 atom stereocenters. The zero-order valence-electron chi connectivity index (χ0n) is 12.1. The van der Waals surface area contributed by atoms with E-state index >= 15 is 0 Å². The van der Waals surface area contributed by atoms with Crippen LogP contribution in [0.3, 0.4) is 0 Å². The number of nitrogens with one attached hydrogen (secondary N) is 2. The highest BCUT2D eigenvalue weighted by Crippen LogP contribution is 2.24. The second-order valence-electron chi connectivity index (χ2n) is 5.14. The van der Waals surface area contributed by atoms with Crippen molar-refractivity contribution >= 4 is 44.3 Å². The molecule has 1 amide bonds. The van der Waals surface area contributed by atoms with Crippen molar-refractivity contribution in [2.24, 2.45) is 5.14 Å². The van der Waals surface area contributed by atoms with Crippen LogP contribution in [0.2, 0.25) is 0 Å². The maximum atomic E-state index is 12.4. The van der Waals surface area contributed by atoms with Crippen molar-refractivity contribution in [1.29, 1.82) is 0 Å². The Morgan fingerprint density at radius 3 is 2.68 bits per heavy atom. The van der Waals surface area contributed by atoms with Crippen molar-refractivity contribution in [2.45, 2.75) is 30.7 Å². The van der Waals surface area contributed by atoms with Gasteiger partial charge in [-0.15, -0.1) is 12.4 Å². The van der Waals surface area contributed by atoms with Gasteiger partial charge in [-0.1, -0.05) is 15.9 Å². The molecule has 1 unspecified atom stereocenters. The monoisotopic (exact) mass is 411 g/mol. The molecule has 0 aliphatic carbocycles. The Bertz CT molecular complexity index is 661. The number of amides is 1. The lowest BCUT2D eigenvalue weighted by atomic mass is 10.0. The summed E-state index contributed by atoms with van der Waals surface area (Å²) in [5, 5.41) is 11.3. The molecule has 124 valence electrons. The average Bonchev–Trinajstić information content (AvgIpc) is 2.40. The third kappa shape index (κ3) is 4.66. The molecule has 1 aliphatic rings. The summed E-state index contributed by atoms with van der Waals surface area (Å²) in [5.41, 5.74) is 0.681. The van der Waals surface area contributed by atoms with Crippen molar-refractivity contribution in [1.82, 2.24) is 10.6 Å². The predicted molar refractivity (Wildman–Crippen MR) is 90.9 cm³/mol. The molecule has 0 saturated carbocycles. The Hall–Kier alpha value is -0.670. The fourth-order valence-electron chi connectivity index (χ4n) is 2.42. The Balaban J connectivity index is 0.00000242. The maximum Gasteiger partial charge on any atom is 0.251 e. The van der Waals surface area contributed by atoms with Crippen LogP contribution in [0.15, 0.2) is 21.5 Å². The predicted octanol–water partition coefficient (Wildman–Crippen LogP) is 1.31. The number of halogens is 2. The molecule has 1 aromatic rings. The maximum absolute atomic E-state index is 12.4. The van der Waals surface area contributed by atoms with Crippen molar-refractivity contribution < 1.29 is 13.2 Å². The molecule has 9 heteroatoms. The van der Waals surface area contributed by atoms with Gasteiger partial charge in [0.2, 0.25) is 10.0 Å². The fraction of sp³-hybridized carbons (Fsp3) is 0.462. The van der Waals surface area contributed by atoms with Gasteiger partial charge in [0.1, 0.15) is 0 Å². The number of benzene rings is 1. The molecule has 0 aromatic heterocycles. The minimum absolute atomic E-state index is 0. The highest BCUT2D eigenvalue weighted by atomic mass is 79.9. The summed E-state index contributed by atoms with van der Waals surface area (Å²) in [5.74, 6) is -0.285. The van der Waals surface area contributed by atoms with Crippen molar-refractivity contribution in [3.05, 3.63) is 27.7 Å². The van der Waals surface area contributed by atoms with Gasteiger partial charge in [0.05, 0.1) is 4.90 Å². The van der Waals surface area contributed by atoms with Crippen LogP contribution >= 0.6 is 28.3 Å². The van der Waals surface area contributed by atoms with E-state index in [1.807, 2.05) is 0 Å². The minimum atomic E-state index is -3.87. The third-order valence-corrected chi connectivity index (χ3v) is 5.00. The van der Waals surface area contributed by atoms with Crippen molar-refractivity contribution in [2.75, 3.05) is 13.1 Å². The lowest BCUT2D eigenvalue weighted by molar-refractivity contribution is 0.0929. The van der Waals surface area contributed by atoms with Gasteiger partial charge in [0.15, 0.2) is 0 Å². The molecule has 1 saturated heterocycles. The van der Waals surface area contributed by atoms with E-state index in [4.69, 9.17) is 5.14 Å². The first kappa shape index (κ1) is 19.4. The number of nitrogens with two attached hydrogens (primary N) is 1. The number of rotatable bonds is 3. The van der Waals surface area contributed by atoms with Gasteiger partial charge in [-0.2, -0.15) is 0 Å². The van der Waals surface area contributed by atoms with E-state index in [1.54, 1.807) is 13.0 Å².